The zero-order valence-corrected chi connectivity index (χ0v) is 87.1. The summed E-state index contributed by atoms with van der Waals surface area (Å²) in [6.45, 7) is 0. The molecule has 0 atom stereocenters. The maximum Gasteiger partial charge on any atom is 0.0718 e. The summed E-state index contributed by atoms with van der Waals surface area (Å²) < 4.78 is 17.7. The molecule has 30 aromatic rings. The number of hydrogen-bond donors (Lipinski definition) is 0. The first-order valence-corrected chi connectivity index (χ1v) is 55.8. The molecule has 23 aromatic carbocycles. The Labute approximate surface area is 894 Å². The molecule has 0 saturated heterocycles. The van der Waals surface area contributed by atoms with Crippen molar-refractivity contribution in [2.24, 2.45) is 0 Å². The minimum atomic E-state index is 0.798. The SMILES string of the molecule is Clc1cc2ccccc2c2sc3c(N(c4ccccc4)c4ccccc4)c4ccccc4cc3c12.Clc1cc2ccccc2c2sc3c(N(c4ccccc4)c4ccccc4)cccc3c12.Clc1cccc2sc3c(N(c4ccc(-c5ccccc5)cc4)c4ccc5c(c4)sc4ccccc45)cccc3c12.Clc1cccc2sc3c(N(c4ccc5c(c4)sc4ccccc45)c4ccc5sc6ccccc6c5c4)cccc3c12. The fourth-order valence-electron chi connectivity index (χ4n) is 21.2. The largest absolute Gasteiger partial charge is 0.309 e. The van der Waals surface area contributed by atoms with E-state index in [1.54, 1.807) is 11.3 Å². The first-order valence-electron chi connectivity index (χ1n) is 48.6. The molecule has 0 aliphatic carbocycles. The summed E-state index contributed by atoms with van der Waals surface area (Å²) in [5.41, 5.74) is 16.2. The van der Waals surface area contributed by atoms with E-state index in [9.17, 15) is 0 Å². The maximum atomic E-state index is 6.97. The number of rotatable bonds is 13. The van der Waals surface area contributed by atoms with Crippen LogP contribution in [0.4, 0.5) is 68.2 Å². The van der Waals surface area contributed by atoms with E-state index in [1.165, 1.54) is 174 Å². The molecule has 0 spiro atoms. The van der Waals surface area contributed by atoms with Crippen LogP contribution in [0.25, 0.3) is 185 Å². The summed E-state index contributed by atoms with van der Waals surface area (Å²) in [4.78, 5) is 9.54. The molecule has 4 nitrogen and oxygen atoms in total. The van der Waals surface area contributed by atoms with Crippen molar-refractivity contribution >= 4 is 368 Å². The van der Waals surface area contributed by atoms with Gasteiger partial charge in [-0.15, -0.1) is 79.4 Å². The van der Waals surface area contributed by atoms with Crippen LogP contribution in [0.2, 0.25) is 20.1 Å². The number of halogens is 4. The molecule has 0 aliphatic rings. The molecular formula is C132H80Cl4N4S7. The first kappa shape index (κ1) is 90.5. The van der Waals surface area contributed by atoms with Crippen LogP contribution in [0.5, 0.6) is 0 Å². The van der Waals surface area contributed by atoms with E-state index in [0.29, 0.717) is 0 Å². The number of para-hydroxylation sites is 4. The van der Waals surface area contributed by atoms with E-state index in [4.69, 9.17) is 46.4 Å². The minimum absolute atomic E-state index is 0.798. The van der Waals surface area contributed by atoms with Gasteiger partial charge < -0.3 is 19.6 Å². The van der Waals surface area contributed by atoms with Gasteiger partial charge in [0.1, 0.15) is 0 Å². The van der Waals surface area contributed by atoms with E-state index < -0.39 is 0 Å². The zero-order valence-electron chi connectivity index (χ0n) is 78.3. The third-order valence-corrected chi connectivity index (χ3v) is 37.4. The number of hydrogen-bond acceptors (Lipinski definition) is 11. The van der Waals surface area contributed by atoms with Crippen molar-refractivity contribution in [3.63, 3.8) is 0 Å². The normalized spacial score (nSPS) is 11.7. The van der Waals surface area contributed by atoms with Crippen LogP contribution in [0, 0.1) is 0 Å². The van der Waals surface area contributed by atoms with Crippen molar-refractivity contribution in [2.75, 3.05) is 19.6 Å². The van der Waals surface area contributed by atoms with Crippen LogP contribution in [-0.2, 0) is 0 Å². The summed E-state index contributed by atoms with van der Waals surface area (Å²) in [6, 6.07) is 173. The molecule has 0 fully saturated rings. The van der Waals surface area contributed by atoms with Crippen LogP contribution in [0.1, 0.15) is 0 Å². The number of fused-ring (bicyclic) bond motifs is 26. The van der Waals surface area contributed by atoms with Crippen LogP contribution in [0.3, 0.4) is 0 Å². The lowest BCUT2D eigenvalue weighted by atomic mass is 10.0. The lowest BCUT2D eigenvalue weighted by Gasteiger charge is -2.27. The summed E-state index contributed by atoms with van der Waals surface area (Å²) in [5, 5.41) is 27.7. The van der Waals surface area contributed by atoms with Gasteiger partial charge in [0.25, 0.3) is 0 Å². The highest BCUT2D eigenvalue weighted by Crippen LogP contribution is 2.57. The molecule has 30 rings (SSSR count). The molecule has 0 radical (unpaired) electrons. The molecule has 0 bridgehead atoms. The van der Waals surface area contributed by atoms with Gasteiger partial charge in [0.05, 0.1) is 51.6 Å². The Balaban J connectivity index is 0.0000000975. The van der Waals surface area contributed by atoms with Crippen LogP contribution in [0.15, 0.2) is 485 Å². The lowest BCUT2D eigenvalue weighted by Crippen LogP contribution is -2.10. The molecule has 698 valence electrons. The second-order valence-electron chi connectivity index (χ2n) is 36.4. The molecule has 0 N–H and O–H groups in total. The minimum Gasteiger partial charge on any atom is -0.309 e. The number of thiophene rings is 7. The van der Waals surface area contributed by atoms with Gasteiger partial charge >= 0.3 is 0 Å². The Morgan fingerprint density at radius 3 is 0.932 bits per heavy atom. The van der Waals surface area contributed by atoms with Gasteiger partial charge in [-0.1, -0.05) is 350 Å². The van der Waals surface area contributed by atoms with E-state index in [0.717, 1.165) is 98.5 Å². The van der Waals surface area contributed by atoms with Gasteiger partial charge in [-0.25, -0.2) is 0 Å². The average molecular weight is 2090 g/mol. The van der Waals surface area contributed by atoms with E-state index in [-0.39, 0.29) is 0 Å². The van der Waals surface area contributed by atoms with E-state index in [1.807, 2.05) is 92.3 Å². The molecule has 0 amide bonds. The summed E-state index contributed by atoms with van der Waals surface area (Å²) in [6.07, 6.45) is 0. The highest BCUT2D eigenvalue weighted by Gasteiger charge is 2.29. The fraction of sp³-hybridized carbons (Fsp3) is 0. The lowest BCUT2D eigenvalue weighted by molar-refractivity contribution is 1.30. The summed E-state index contributed by atoms with van der Waals surface area (Å²) >= 11 is 40.1. The fourth-order valence-corrected chi connectivity index (χ4v) is 31.2. The van der Waals surface area contributed by atoms with Gasteiger partial charge in [-0.2, -0.15) is 0 Å². The Morgan fingerprint density at radius 1 is 0.143 bits per heavy atom. The molecule has 7 aromatic heterocycles. The van der Waals surface area contributed by atoms with Gasteiger partial charge in [0, 0.05) is 183 Å². The highest BCUT2D eigenvalue weighted by atomic mass is 35.5. The third-order valence-electron chi connectivity index (χ3n) is 27.8. The van der Waals surface area contributed by atoms with Gasteiger partial charge in [0.15, 0.2) is 0 Å². The number of anilines is 12. The van der Waals surface area contributed by atoms with Crippen molar-refractivity contribution in [3.05, 3.63) is 505 Å². The molecule has 7 heterocycles. The van der Waals surface area contributed by atoms with Crippen molar-refractivity contribution in [2.45, 2.75) is 0 Å². The monoisotopic (exact) mass is 2080 g/mol. The van der Waals surface area contributed by atoms with Crippen LogP contribution >= 0.6 is 126 Å². The van der Waals surface area contributed by atoms with E-state index in [2.05, 4.69) is 481 Å². The van der Waals surface area contributed by atoms with Crippen LogP contribution in [-0.4, -0.2) is 0 Å². The Bertz CT molecular complexity index is 10300. The Kier molecular flexibility index (Phi) is 23.6. The summed E-state index contributed by atoms with van der Waals surface area (Å²) in [7, 11) is 0. The zero-order chi connectivity index (χ0) is 97.8. The first-order chi connectivity index (χ1) is 72.6. The average Bonchev–Trinajstić information content (AvgIpc) is 1.57. The van der Waals surface area contributed by atoms with Crippen molar-refractivity contribution in [3.8, 4) is 11.1 Å². The molecule has 0 aliphatic heterocycles. The number of benzene rings is 23. The summed E-state index contributed by atoms with van der Waals surface area (Å²) in [5.74, 6) is 0. The quantitative estimate of drug-likeness (QED) is 0.114. The van der Waals surface area contributed by atoms with Gasteiger partial charge in [-0.3, -0.25) is 0 Å². The second kappa shape index (κ2) is 38.3. The highest BCUT2D eigenvalue weighted by molar-refractivity contribution is 7.29. The van der Waals surface area contributed by atoms with Crippen molar-refractivity contribution in [1.29, 1.82) is 0 Å². The van der Waals surface area contributed by atoms with E-state index >= 15 is 0 Å². The second-order valence-corrected chi connectivity index (χ2v) is 45.4. The molecular weight excluding hydrogens is 2010 g/mol. The van der Waals surface area contributed by atoms with Crippen LogP contribution < -0.4 is 19.6 Å². The Hall–Kier alpha value is -15.3. The predicted octanol–water partition coefficient (Wildman–Crippen LogP) is 44.9. The van der Waals surface area contributed by atoms with Gasteiger partial charge in [0.2, 0.25) is 0 Å². The Morgan fingerprint density at radius 2 is 0.449 bits per heavy atom. The predicted molar refractivity (Wildman–Crippen MR) is 653 cm³/mol. The maximum absolute atomic E-state index is 6.97. The molecule has 147 heavy (non-hydrogen) atoms. The standard InChI is InChI=1S/C36H20ClNS3.C36H22ClNS2.C32H20ClNS.C28H18ClNS/c37-28-10-6-14-33-35(28)26-9-5-11-29(36(26)41-33)38(21-16-18-32-27(19-21)24-8-2-4-13-31(24)39-32)22-15-17-25-23-7-1-3-12-30(23)40-34(25)20-22;37-30-12-7-15-33-35(30)29-11-6-13-31(36(29)40-33)38(25-18-16-24(17-19-25)23-8-2-1-3-9-23)26-20-21-28-27-10-4-5-14-32(27)39-34(28)22-26;33-28-20-22-12-8-10-18-26(22)31-29(28)27-19-21-11-7-9-17-25(21)30(32(27)35-31)34(23-13-3-1-4-14-23)24-15-5-2-6-16-24;29-24-18-19-10-7-8-15-22(19)28-26(24)23-16-9-17-25(27(23)31-28)30(20-11-3-1-4-12-20)21-13-5-2-6-14-21/h1-20H;1-22H;1-20H;1-18H. The molecule has 15 heteroatoms. The number of nitrogens with zero attached hydrogens (tertiary/aromatic N) is 4. The van der Waals surface area contributed by atoms with Crippen molar-refractivity contribution < 1.29 is 0 Å². The smallest absolute Gasteiger partial charge is 0.0718 e. The topological polar surface area (TPSA) is 13.0 Å². The van der Waals surface area contributed by atoms with Gasteiger partial charge in [-0.05, 0) is 220 Å². The molecule has 0 unspecified atom stereocenters. The molecule has 0 saturated carbocycles. The third kappa shape index (κ3) is 16.2. The van der Waals surface area contributed by atoms with Crippen molar-refractivity contribution in [1.82, 2.24) is 0 Å².